The second-order valence-electron chi connectivity index (χ2n) is 3.04. The van der Waals surface area contributed by atoms with E-state index in [1.807, 2.05) is 0 Å². The third-order valence-corrected chi connectivity index (χ3v) is 3.12. The highest BCUT2D eigenvalue weighted by atomic mass is 79.9. The molecule has 1 aromatic carbocycles. The molecule has 1 unspecified atom stereocenters. The van der Waals surface area contributed by atoms with Crippen LogP contribution in [-0.4, -0.2) is 17.5 Å². The monoisotopic (exact) mass is 364 g/mol. The lowest BCUT2D eigenvalue weighted by Crippen LogP contribution is -2.34. The highest BCUT2D eigenvalue weighted by molar-refractivity contribution is 9.11. The van der Waals surface area contributed by atoms with Crippen LogP contribution in [0.25, 0.3) is 0 Å². The Morgan fingerprint density at radius 1 is 1.19 bits per heavy atom. The predicted molar refractivity (Wildman–Crippen MR) is 57.8 cm³/mol. The Labute approximate surface area is 106 Å². The smallest absolute Gasteiger partial charge is 0.336 e. The molecule has 0 saturated heterocycles. The molecule has 0 fully saturated rings. The molecule has 1 N–H and O–H groups in total. The molecule has 90 valence electrons. The fourth-order valence-electron chi connectivity index (χ4n) is 1.05. The van der Waals surface area contributed by atoms with E-state index in [9.17, 15) is 22.7 Å². The van der Waals surface area contributed by atoms with E-state index < -0.39 is 18.5 Å². The van der Waals surface area contributed by atoms with Gasteiger partial charge in [0, 0.05) is 14.5 Å². The summed E-state index contributed by atoms with van der Waals surface area (Å²) in [7, 11) is 0. The molecule has 1 aromatic rings. The van der Waals surface area contributed by atoms with Gasteiger partial charge in [0.2, 0.25) is 0 Å². The standard InChI is InChI=1S/C9H6Br2F4O/c10-4-1-2-6(11)5(3-4)7(16)9(14,15)8(12)13/h1-3,7-8,16H. The van der Waals surface area contributed by atoms with Crippen LogP contribution in [0, 0.1) is 0 Å². The molecule has 16 heavy (non-hydrogen) atoms. The van der Waals surface area contributed by atoms with Gasteiger partial charge < -0.3 is 5.11 Å². The van der Waals surface area contributed by atoms with Crippen LogP contribution in [0.15, 0.2) is 27.1 Å². The van der Waals surface area contributed by atoms with Crippen molar-refractivity contribution in [2.45, 2.75) is 18.5 Å². The third kappa shape index (κ3) is 2.75. The Kier molecular flexibility index (Phi) is 4.36. The highest BCUT2D eigenvalue weighted by Gasteiger charge is 2.49. The molecule has 0 saturated carbocycles. The summed E-state index contributed by atoms with van der Waals surface area (Å²) in [5, 5.41) is 9.24. The lowest BCUT2D eigenvalue weighted by Gasteiger charge is -2.22. The van der Waals surface area contributed by atoms with Crippen LogP contribution in [0.5, 0.6) is 0 Å². The summed E-state index contributed by atoms with van der Waals surface area (Å²) >= 11 is 5.92. The SMILES string of the molecule is OC(c1cc(Br)ccc1Br)C(F)(F)C(F)F. The second kappa shape index (κ2) is 5.01. The Bertz CT molecular complexity index is 384. The first-order valence-corrected chi connectivity index (χ1v) is 5.64. The van der Waals surface area contributed by atoms with Crippen LogP contribution in [0.4, 0.5) is 17.6 Å². The molecule has 0 aliphatic rings. The normalized spacial score (nSPS) is 14.2. The molecule has 0 aromatic heterocycles. The van der Waals surface area contributed by atoms with E-state index in [1.165, 1.54) is 12.1 Å². The van der Waals surface area contributed by atoms with Crippen molar-refractivity contribution in [2.75, 3.05) is 0 Å². The van der Waals surface area contributed by atoms with Crippen molar-refractivity contribution in [3.8, 4) is 0 Å². The summed E-state index contributed by atoms with van der Waals surface area (Å²) in [5.41, 5.74) is -0.292. The number of hydrogen-bond donors (Lipinski definition) is 1. The molecule has 7 heteroatoms. The number of hydrogen-bond acceptors (Lipinski definition) is 1. The van der Waals surface area contributed by atoms with Crippen molar-refractivity contribution in [1.82, 2.24) is 0 Å². The van der Waals surface area contributed by atoms with Crippen molar-refractivity contribution in [1.29, 1.82) is 0 Å². The van der Waals surface area contributed by atoms with E-state index in [1.54, 1.807) is 0 Å². The minimum atomic E-state index is -4.48. The molecule has 0 bridgehead atoms. The average molecular weight is 366 g/mol. The van der Waals surface area contributed by atoms with Crippen molar-refractivity contribution in [3.05, 3.63) is 32.7 Å². The van der Waals surface area contributed by atoms with Gasteiger partial charge >= 0.3 is 12.3 Å². The molecule has 0 spiro atoms. The summed E-state index contributed by atoms with van der Waals surface area (Å²) in [6.45, 7) is 0. The van der Waals surface area contributed by atoms with Crippen molar-refractivity contribution in [3.63, 3.8) is 0 Å². The number of halogens is 6. The zero-order chi connectivity index (χ0) is 12.5. The van der Waals surface area contributed by atoms with Gasteiger partial charge in [0.05, 0.1) is 0 Å². The first-order chi connectivity index (χ1) is 7.26. The maximum Gasteiger partial charge on any atom is 0.336 e. The van der Waals surface area contributed by atoms with Crippen LogP contribution >= 0.6 is 31.9 Å². The van der Waals surface area contributed by atoms with E-state index in [-0.39, 0.29) is 10.0 Å². The molecule has 0 amide bonds. The largest absolute Gasteiger partial charge is 0.382 e. The maximum absolute atomic E-state index is 12.9. The molecule has 0 aliphatic heterocycles. The molecule has 0 aliphatic carbocycles. The predicted octanol–water partition coefficient (Wildman–Crippen LogP) is 4.15. The van der Waals surface area contributed by atoms with Crippen molar-refractivity contribution in [2.24, 2.45) is 0 Å². The van der Waals surface area contributed by atoms with Crippen molar-refractivity contribution < 1.29 is 22.7 Å². The Hall–Kier alpha value is -0.140. The van der Waals surface area contributed by atoms with E-state index in [2.05, 4.69) is 31.9 Å². The van der Waals surface area contributed by atoms with Gasteiger partial charge in [-0.3, -0.25) is 0 Å². The van der Waals surface area contributed by atoms with E-state index >= 15 is 0 Å². The number of aliphatic hydroxyl groups is 1. The zero-order valence-corrected chi connectivity index (χ0v) is 10.8. The fraction of sp³-hybridized carbons (Fsp3) is 0.333. The third-order valence-electron chi connectivity index (χ3n) is 1.91. The Morgan fingerprint density at radius 3 is 2.25 bits per heavy atom. The molecular weight excluding hydrogens is 360 g/mol. The number of alkyl halides is 4. The van der Waals surface area contributed by atoms with Gasteiger partial charge in [-0.15, -0.1) is 0 Å². The van der Waals surface area contributed by atoms with Crippen LogP contribution in [0.2, 0.25) is 0 Å². The summed E-state index contributed by atoms with van der Waals surface area (Å²) in [6.07, 6.45) is -6.48. The zero-order valence-electron chi connectivity index (χ0n) is 7.60. The van der Waals surface area contributed by atoms with E-state index in [0.717, 1.165) is 6.07 Å². The summed E-state index contributed by atoms with van der Waals surface area (Å²) in [4.78, 5) is 0. The van der Waals surface area contributed by atoms with Crippen LogP contribution in [0.1, 0.15) is 11.7 Å². The van der Waals surface area contributed by atoms with Gasteiger partial charge in [0.1, 0.15) is 6.10 Å². The topological polar surface area (TPSA) is 20.2 Å². The Morgan fingerprint density at radius 2 is 1.75 bits per heavy atom. The Balaban J connectivity index is 3.14. The average Bonchev–Trinajstić information content (AvgIpc) is 2.20. The lowest BCUT2D eigenvalue weighted by atomic mass is 10.0. The number of aliphatic hydroxyl groups excluding tert-OH is 1. The maximum atomic E-state index is 12.9. The summed E-state index contributed by atoms with van der Waals surface area (Å²) < 4.78 is 50.4. The molecule has 1 nitrogen and oxygen atoms in total. The number of rotatable bonds is 3. The van der Waals surface area contributed by atoms with Gasteiger partial charge in [-0.1, -0.05) is 31.9 Å². The molecule has 0 radical (unpaired) electrons. The van der Waals surface area contributed by atoms with Gasteiger partial charge in [-0.25, -0.2) is 8.78 Å². The van der Waals surface area contributed by atoms with Gasteiger partial charge in [-0.05, 0) is 18.2 Å². The molecule has 1 rings (SSSR count). The molecular formula is C9H6Br2F4O. The van der Waals surface area contributed by atoms with Crippen molar-refractivity contribution >= 4 is 31.9 Å². The van der Waals surface area contributed by atoms with Crippen LogP contribution in [-0.2, 0) is 0 Å². The van der Waals surface area contributed by atoms with Gasteiger partial charge in [0.25, 0.3) is 0 Å². The summed E-state index contributed by atoms with van der Waals surface area (Å²) in [5.74, 6) is -4.48. The van der Waals surface area contributed by atoms with E-state index in [0.29, 0.717) is 4.47 Å². The fourth-order valence-corrected chi connectivity index (χ4v) is 1.89. The van der Waals surface area contributed by atoms with Crippen LogP contribution in [0.3, 0.4) is 0 Å². The van der Waals surface area contributed by atoms with Gasteiger partial charge in [-0.2, -0.15) is 8.78 Å². The van der Waals surface area contributed by atoms with Gasteiger partial charge in [0.15, 0.2) is 0 Å². The number of benzene rings is 1. The summed E-state index contributed by atoms with van der Waals surface area (Å²) in [6, 6.07) is 4.07. The quantitative estimate of drug-likeness (QED) is 0.798. The lowest BCUT2D eigenvalue weighted by molar-refractivity contribution is -0.194. The first-order valence-electron chi connectivity index (χ1n) is 4.05. The highest BCUT2D eigenvalue weighted by Crippen LogP contribution is 2.39. The van der Waals surface area contributed by atoms with E-state index in [4.69, 9.17) is 0 Å². The molecule has 1 atom stereocenters. The van der Waals surface area contributed by atoms with Crippen LogP contribution < -0.4 is 0 Å². The first kappa shape index (κ1) is 13.9. The minimum absolute atomic E-state index is 0.142. The molecule has 0 heterocycles. The minimum Gasteiger partial charge on any atom is -0.382 e. The second-order valence-corrected chi connectivity index (χ2v) is 4.81.